The fraction of sp³-hybridized carbons (Fsp3) is 0.364. The van der Waals surface area contributed by atoms with E-state index >= 15 is 0 Å². The Labute approximate surface area is 183 Å². The Kier molecular flexibility index (Phi) is 6.30. The lowest BCUT2D eigenvalue weighted by Gasteiger charge is -2.40. The second kappa shape index (κ2) is 8.26. The Bertz CT molecular complexity index is 1070. The van der Waals surface area contributed by atoms with Crippen molar-refractivity contribution in [2.24, 2.45) is 5.92 Å². The zero-order valence-electron chi connectivity index (χ0n) is 16.8. The van der Waals surface area contributed by atoms with E-state index in [1.165, 1.54) is 38.3 Å². The molecule has 0 spiro atoms. The van der Waals surface area contributed by atoms with Gasteiger partial charge < -0.3 is 9.52 Å². The lowest BCUT2D eigenvalue weighted by Crippen LogP contribution is -2.53. The highest BCUT2D eigenvalue weighted by atomic mass is 35.5. The normalized spacial score (nSPS) is 15.9. The number of hydrogen-bond donors (Lipinski definition) is 1. The molecule has 0 fully saturated rings. The molecule has 2 nitrogen and oxygen atoms in total. The van der Waals surface area contributed by atoms with Crippen LogP contribution in [0.1, 0.15) is 36.5 Å². The molecule has 1 N–H and O–H groups in total. The van der Waals surface area contributed by atoms with E-state index in [2.05, 4.69) is 0 Å². The van der Waals surface area contributed by atoms with Crippen molar-refractivity contribution in [1.29, 1.82) is 0 Å². The lowest BCUT2D eigenvalue weighted by atomic mass is 9.71. The van der Waals surface area contributed by atoms with Crippen LogP contribution in [0.2, 0.25) is 5.02 Å². The van der Waals surface area contributed by atoms with E-state index in [1.807, 2.05) is 0 Å². The van der Waals surface area contributed by atoms with Gasteiger partial charge in [0.05, 0.1) is 16.8 Å². The van der Waals surface area contributed by atoms with Gasteiger partial charge in [0.15, 0.2) is 5.60 Å². The Morgan fingerprint density at radius 3 is 2.25 bits per heavy atom. The Morgan fingerprint density at radius 1 is 1.03 bits per heavy atom. The number of hydrogen-bond acceptors (Lipinski definition) is 2. The molecular weight excluding hydrogens is 465 g/mol. The molecule has 0 radical (unpaired) electrons. The molecule has 32 heavy (non-hydrogen) atoms. The summed E-state index contributed by atoms with van der Waals surface area (Å²) in [5, 5.41) is 10.0. The molecule has 2 atom stereocenters. The first-order valence-corrected chi connectivity index (χ1v) is 9.85. The number of fused-ring (bicyclic) bond motifs is 1. The molecule has 0 saturated heterocycles. The SMILES string of the molecule is CC(C)C(c1ccc2cccoc1-2)C(O)(Cc1cc(C(F)(F)F)cc(Cl)c1F)C(F)(F)F. The maximum Gasteiger partial charge on any atom is 0.418 e. The van der Waals surface area contributed by atoms with Gasteiger partial charge in [0, 0.05) is 23.5 Å². The van der Waals surface area contributed by atoms with Gasteiger partial charge in [0.25, 0.3) is 0 Å². The molecule has 1 aliphatic carbocycles. The van der Waals surface area contributed by atoms with Crippen LogP contribution in [0.5, 0.6) is 0 Å². The highest BCUT2D eigenvalue weighted by Crippen LogP contribution is 2.50. The Morgan fingerprint density at radius 2 is 1.69 bits per heavy atom. The summed E-state index contributed by atoms with van der Waals surface area (Å²) in [7, 11) is 0. The molecule has 1 heterocycles. The summed E-state index contributed by atoms with van der Waals surface area (Å²) in [5.41, 5.74) is -5.55. The number of rotatable bonds is 5. The van der Waals surface area contributed by atoms with Crippen LogP contribution in [0.15, 0.2) is 47.1 Å². The summed E-state index contributed by atoms with van der Waals surface area (Å²) < 4.78 is 102. The molecule has 3 rings (SSSR count). The third-order valence-corrected chi connectivity index (χ3v) is 5.68. The van der Waals surface area contributed by atoms with Crippen LogP contribution < -0.4 is 0 Å². The van der Waals surface area contributed by atoms with E-state index < -0.39 is 58.2 Å². The molecule has 0 bridgehead atoms. The van der Waals surface area contributed by atoms with Gasteiger partial charge >= 0.3 is 12.4 Å². The van der Waals surface area contributed by atoms with Crippen LogP contribution in [0.4, 0.5) is 30.7 Å². The standard InChI is InChI=1S/C22H18ClF7O2/c1-11(2)17(15-6-5-12-4-3-7-32-19(12)15)20(31,22(28,29)30)10-13-8-14(21(25,26)27)9-16(23)18(13)24/h3-9,11,17,31H,10H2,1-2H3. The van der Waals surface area contributed by atoms with Crippen molar-refractivity contribution < 1.29 is 40.3 Å². The number of alkyl halides is 6. The molecule has 0 saturated carbocycles. The topological polar surface area (TPSA) is 33.4 Å². The molecule has 174 valence electrons. The van der Waals surface area contributed by atoms with Crippen molar-refractivity contribution >= 4 is 11.6 Å². The summed E-state index contributed by atoms with van der Waals surface area (Å²) in [5.74, 6) is -3.90. The van der Waals surface area contributed by atoms with E-state index in [0.717, 1.165) is 0 Å². The van der Waals surface area contributed by atoms with Crippen molar-refractivity contribution in [1.82, 2.24) is 0 Å². The van der Waals surface area contributed by atoms with Crippen LogP contribution >= 0.6 is 11.6 Å². The summed E-state index contributed by atoms with van der Waals surface area (Å²) >= 11 is 5.54. The summed E-state index contributed by atoms with van der Waals surface area (Å²) in [6.45, 7) is 2.83. The van der Waals surface area contributed by atoms with Crippen LogP contribution in [0.3, 0.4) is 0 Å². The van der Waals surface area contributed by atoms with Crippen molar-refractivity contribution in [3.63, 3.8) is 0 Å². The van der Waals surface area contributed by atoms with Gasteiger partial charge in [-0.25, -0.2) is 4.39 Å². The summed E-state index contributed by atoms with van der Waals surface area (Å²) in [6, 6.07) is 6.51. The monoisotopic (exact) mass is 482 g/mol. The third-order valence-electron chi connectivity index (χ3n) is 5.41. The lowest BCUT2D eigenvalue weighted by molar-refractivity contribution is -0.272. The average Bonchev–Trinajstić information content (AvgIpc) is 3.07. The minimum Gasteiger partial charge on any atom is -0.464 e. The maximum absolute atomic E-state index is 14.6. The van der Waals surface area contributed by atoms with E-state index in [4.69, 9.17) is 16.0 Å². The van der Waals surface area contributed by atoms with Crippen LogP contribution in [0, 0.1) is 11.7 Å². The summed E-state index contributed by atoms with van der Waals surface area (Å²) in [4.78, 5) is 0. The molecule has 1 aliphatic heterocycles. The zero-order valence-corrected chi connectivity index (χ0v) is 17.5. The second-order valence-corrected chi connectivity index (χ2v) is 8.34. The highest BCUT2D eigenvalue weighted by Gasteiger charge is 2.60. The van der Waals surface area contributed by atoms with E-state index in [-0.39, 0.29) is 23.5 Å². The molecule has 2 aliphatic rings. The minimum atomic E-state index is -5.33. The highest BCUT2D eigenvalue weighted by molar-refractivity contribution is 6.30. The van der Waals surface area contributed by atoms with Gasteiger partial charge in [-0.15, -0.1) is 0 Å². The van der Waals surface area contributed by atoms with Crippen molar-refractivity contribution in [2.45, 2.75) is 44.1 Å². The second-order valence-electron chi connectivity index (χ2n) is 7.94. The Balaban J connectivity index is 2.20. The minimum absolute atomic E-state index is 0.00825. The fourth-order valence-electron chi connectivity index (χ4n) is 4.04. The van der Waals surface area contributed by atoms with Crippen molar-refractivity contribution in [2.75, 3.05) is 0 Å². The largest absolute Gasteiger partial charge is 0.464 e. The molecular formula is C22H18ClF7O2. The number of aliphatic hydroxyl groups is 1. The van der Waals surface area contributed by atoms with Crippen LogP contribution in [0.25, 0.3) is 11.3 Å². The quantitative estimate of drug-likeness (QED) is 0.383. The first kappa shape index (κ1) is 24.4. The zero-order chi connectivity index (χ0) is 24.1. The number of halogens is 8. The van der Waals surface area contributed by atoms with Gasteiger partial charge in [-0.05, 0) is 35.7 Å². The predicted molar refractivity (Wildman–Crippen MR) is 104 cm³/mol. The third kappa shape index (κ3) is 4.32. The van der Waals surface area contributed by atoms with E-state index in [1.54, 1.807) is 6.07 Å². The van der Waals surface area contributed by atoms with E-state index in [0.29, 0.717) is 5.56 Å². The van der Waals surface area contributed by atoms with Gasteiger partial charge in [0.1, 0.15) is 11.6 Å². The average molecular weight is 483 g/mol. The molecule has 1 aromatic rings. The van der Waals surface area contributed by atoms with Crippen molar-refractivity contribution in [3.8, 4) is 11.3 Å². The smallest absolute Gasteiger partial charge is 0.418 e. The Hall–Kier alpha value is -2.26. The first-order chi connectivity index (χ1) is 14.7. The molecule has 0 aromatic heterocycles. The van der Waals surface area contributed by atoms with Crippen LogP contribution in [-0.4, -0.2) is 16.9 Å². The number of benzene rings is 1. The molecule has 1 aromatic carbocycles. The first-order valence-electron chi connectivity index (χ1n) is 9.47. The van der Waals surface area contributed by atoms with Gasteiger partial charge in [-0.1, -0.05) is 37.6 Å². The van der Waals surface area contributed by atoms with Gasteiger partial charge in [-0.3, -0.25) is 0 Å². The van der Waals surface area contributed by atoms with Crippen molar-refractivity contribution in [3.05, 3.63) is 70.2 Å². The summed E-state index contributed by atoms with van der Waals surface area (Å²) in [6.07, 6.45) is -10.5. The molecule has 10 heteroatoms. The van der Waals surface area contributed by atoms with Gasteiger partial charge in [-0.2, -0.15) is 26.3 Å². The maximum atomic E-state index is 14.6. The van der Waals surface area contributed by atoms with Crippen LogP contribution in [-0.2, 0) is 12.6 Å². The predicted octanol–water partition coefficient (Wildman–Crippen LogP) is 7.47. The fourth-order valence-corrected chi connectivity index (χ4v) is 4.28. The van der Waals surface area contributed by atoms with E-state index in [9.17, 15) is 35.8 Å². The van der Waals surface area contributed by atoms with Gasteiger partial charge in [0.2, 0.25) is 0 Å². The molecule has 0 amide bonds. The molecule has 2 unspecified atom stereocenters.